The minimum atomic E-state index is -3.84. The van der Waals surface area contributed by atoms with Crippen molar-refractivity contribution >= 4 is 50.5 Å². The zero-order valence-corrected chi connectivity index (χ0v) is 16.2. The van der Waals surface area contributed by atoms with Gasteiger partial charge in [-0.2, -0.15) is 0 Å². The molecule has 0 bridgehead atoms. The van der Waals surface area contributed by atoms with Gasteiger partial charge in [0.25, 0.3) is 10.0 Å². The van der Waals surface area contributed by atoms with Gasteiger partial charge in [-0.25, -0.2) is 8.42 Å². The third kappa shape index (κ3) is 2.76. The van der Waals surface area contributed by atoms with E-state index in [1.54, 1.807) is 23.1 Å². The molecule has 0 saturated carbocycles. The average Bonchev–Trinajstić information content (AvgIpc) is 2.84. The van der Waals surface area contributed by atoms with E-state index in [0.717, 1.165) is 29.7 Å². The summed E-state index contributed by atoms with van der Waals surface area (Å²) >= 11 is 11.9. The number of amides is 1. The summed E-state index contributed by atoms with van der Waals surface area (Å²) in [6.07, 6.45) is 1.58. The molecule has 0 aromatic heterocycles. The van der Waals surface area contributed by atoms with Gasteiger partial charge in [0, 0.05) is 11.6 Å². The summed E-state index contributed by atoms with van der Waals surface area (Å²) in [6.45, 7) is 2.50. The second-order valence-electron chi connectivity index (χ2n) is 6.57. The van der Waals surface area contributed by atoms with Crippen molar-refractivity contribution in [1.29, 1.82) is 0 Å². The number of nitrogens with zero attached hydrogens (tertiary/aromatic N) is 1. The van der Waals surface area contributed by atoms with Crippen molar-refractivity contribution in [2.75, 3.05) is 16.2 Å². The molecule has 0 unspecified atom stereocenters. The van der Waals surface area contributed by atoms with Gasteiger partial charge in [-0.15, -0.1) is 0 Å². The highest BCUT2D eigenvalue weighted by molar-refractivity contribution is 7.92. The molecule has 1 atom stereocenters. The van der Waals surface area contributed by atoms with Crippen LogP contribution in [0.25, 0.3) is 0 Å². The summed E-state index contributed by atoms with van der Waals surface area (Å²) in [5, 5.41) is 0.644. The van der Waals surface area contributed by atoms with Crippen LogP contribution in [0, 0.1) is 0 Å². The quantitative estimate of drug-likeness (QED) is 0.824. The topological polar surface area (TPSA) is 66.5 Å². The van der Waals surface area contributed by atoms with Crippen molar-refractivity contribution in [2.24, 2.45) is 0 Å². The lowest BCUT2D eigenvalue weighted by atomic mass is 9.97. The molecule has 0 aliphatic carbocycles. The Hall–Kier alpha value is -1.76. The number of carbonyl (C=O) groups is 1. The molecule has 1 N–H and O–H groups in total. The Morgan fingerprint density at radius 3 is 2.69 bits per heavy atom. The second-order valence-corrected chi connectivity index (χ2v) is 9.09. The van der Waals surface area contributed by atoms with Gasteiger partial charge in [0.15, 0.2) is 0 Å². The number of hydrogen-bond acceptors (Lipinski definition) is 3. The van der Waals surface area contributed by atoms with E-state index in [9.17, 15) is 13.2 Å². The minimum absolute atomic E-state index is 0.0317. The van der Waals surface area contributed by atoms with Crippen LogP contribution in [0.5, 0.6) is 0 Å². The minimum Gasteiger partial charge on any atom is -0.311 e. The van der Waals surface area contributed by atoms with Crippen molar-refractivity contribution in [1.82, 2.24) is 0 Å². The number of carbonyl (C=O) groups excluding carboxylic acids is 1. The van der Waals surface area contributed by atoms with E-state index in [1.807, 2.05) is 6.92 Å². The van der Waals surface area contributed by atoms with Gasteiger partial charge in [0.1, 0.15) is 0 Å². The maximum absolute atomic E-state index is 12.9. The monoisotopic (exact) mass is 410 g/mol. The summed E-state index contributed by atoms with van der Waals surface area (Å²) < 4.78 is 28.3. The molecule has 5 nitrogen and oxygen atoms in total. The lowest BCUT2D eigenvalue weighted by molar-refractivity contribution is -0.119. The van der Waals surface area contributed by atoms with E-state index in [1.165, 1.54) is 12.1 Å². The second kappa shape index (κ2) is 6.15. The predicted octanol–water partition coefficient (Wildman–Crippen LogP) is 4.19. The maximum Gasteiger partial charge on any atom is 0.261 e. The van der Waals surface area contributed by atoms with Crippen molar-refractivity contribution in [3.63, 3.8) is 0 Å². The number of benzene rings is 2. The Balaban J connectivity index is 1.78. The van der Waals surface area contributed by atoms with Crippen LogP contribution in [-0.2, 0) is 21.2 Å². The first kappa shape index (κ1) is 17.6. The molecule has 8 heteroatoms. The molecule has 4 rings (SSSR count). The van der Waals surface area contributed by atoms with Gasteiger partial charge in [-0.3, -0.25) is 9.52 Å². The molecule has 136 valence electrons. The standard InChI is InChI=1S/C18H16Cl2N2O3S/c1-10-14-9-13(7-11-3-2-6-22(17(11)14)18(10)23)26(24,25)21-16-5-4-12(19)8-15(16)20/h4-5,7-10,21H,2-3,6H2,1H3/t10-/m1/s1. The van der Waals surface area contributed by atoms with Crippen LogP contribution in [0.4, 0.5) is 11.4 Å². The highest BCUT2D eigenvalue weighted by Crippen LogP contribution is 2.44. The number of halogens is 2. The zero-order chi connectivity index (χ0) is 18.6. The first-order chi connectivity index (χ1) is 12.3. The van der Waals surface area contributed by atoms with Crippen LogP contribution in [-0.4, -0.2) is 20.9 Å². The first-order valence-corrected chi connectivity index (χ1v) is 10.5. The molecule has 2 heterocycles. The van der Waals surface area contributed by atoms with Gasteiger partial charge in [0.2, 0.25) is 5.91 Å². The Morgan fingerprint density at radius 2 is 1.96 bits per heavy atom. The summed E-state index contributed by atoms with van der Waals surface area (Å²) in [7, 11) is -3.84. The molecule has 0 spiro atoms. The molecule has 2 aromatic rings. The number of anilines is 2. The fraction of sp³-hybridized carbons (Fsp3) is 0.278. The molecular weight excluding hydrogens is 395 g/mol. The van der Waals surface area contributed by atoms with E-state index in [4.69, 9.17) is 23.2 Å². The number of aryl methyl sites for hydroxylation is 1. The SMILES string of the molecule is C[C@H]1C(=O)N2CCCc3cc(S(=O)(=O)Nc4ccc(Cl)cc4Cl)cc1c32. The number of rotatable bonds is 3. The van der Waals surface area contributed by atoms with Crippen LogP contribution in [0.3, 0.4) is 0 Å². The summed E-state index contributed by atoms with van der Waals surface area (Å²) in [5.74, 6) is -0.305. The van der Waals surface area contributed by atoms with Crippen molar-refractivity contribution < 1.29 is 13.2 Å². The van der Waals surface area contributed by atoms with Gasteiger partial charge < -0.3 is 4.90 Å². The summed E-state index contributed by atoms with van der Waals surface area (Å²) in [5.41, 5.74) is 2.82. The smallest absolute Gasteiger partial charge is 0.261 e. The Labute approximate surface area is 162 Å². The molecule has 0 radical (unpaired) electrons. The summed E-state index contributed by atoms with van der Waals surface area (Å²) in [6, 6.07) is 7.82. The normalized spacial score (nSPS) is 18.8. The van der Waals surface area contributed by atoms with Gasteiger partial charge in [0.05, 0.1) is 27.2 Å². The van der Waals surface area contributed by atoms with E-state index >= 15 is 0 Å². The predicted molar refractivity (Wildman–Crippen MR) is 103 cm³/mol. The Bertz CT molecular complexity index is 1040. The lowest BCUT2D eigenvalue weighted by Gasteiger charge is -2.26. The number of hydrogen-bond donors (Lipinski definition) is 1. The lowest BCUT2D eigenvalue weighted by Crippen LogP contribution is -2.32. The third-order valence-corrected chi connectivity index (χ3v) is 6.77. The molecular formula is C18H16Cl2N2O3S. The fourth-order valence-electron chi connectivity index (χ4n) is 3.60. The molecule has 2 aliphatic heterocycles. The number of nitrogens with one attached hydrogen (secondary N) is 1. The maximum atomic E-state index is 12.9. The van der Waals surface area contributed by atoms with Crippen LogP contribution in [0.15, 0.2) is 35.2 Å². The van der Waals surface area contributed by atoms with E-state index in [-0.39, 0.29) is 27.4 Å². The highest BCUT2D eigenvalue weighted by Gasteiger charge is 2.38. The van der Waals surface area contributed by atoms with Crippen molar-refractivity contribution in [3.8, 4) is 0 Å². The van der Waals surface area contributed by atoms with E-state index in [0.29, 0.717) is 11.6 Å². The molecule has 2 aliphatic rings. The van der Waals surface area contributed by atoms with Crippen LogP contribution in [0.1, 0.15) is 30.4 Å². The van der Waals surface area contributed by atoms with Crippen molar-refractivity contribution in [3.05, 3.63) is 51.5 Å². The van der Waals surface area contributed by atoms with E-state index < -0.39 is 10.0 Å². The van der Waals surface area contributed by atoms with Crippen molar-refractivity contribution in [2.45, 2.75) is 30.6 Å². The Morgan fingerprint density at radius 1 is 1.19 bits per heavy atom. The number of sulfonamides is 1. The molecule has 0 fully saturated rings. The van der Waals surface area contributed by atoms with Crippen LogP contribution >= 0.6 is 23.2 Å². The molecule has 0 saturated heterocycles. The van der Waals surface area contributed by atoms with Crippen LogP contribution < -0.4 is 9.62 Å². The largest absolute Gasteiger partial charge is 0.311 e. The molecule has 2 aromatic carbocycles. The van der Waals surface area contributed by atoms with Gasteiger partial charge in [-0.05, 0) is 61.2 Å². The first-order valence-electron chi connectivity index (χ1n) is 8.24. The third-order valence-electron chi connectivity index (χ3n) is 4.88. The fourth-order valence-corrected chi connectivity index (χ4v) is 5.27. The molecule has 26 heavy (non-hydrogen) atoms. The Kier molecular flexibility index (Phi) is 4.17. The zero-order valence-electron chi connectivity index (χ0n) is 13.9. The molecule has 1 amide bonds. The average molecular weight is 411 g/mol. The highest BCUT2D eigenvalue weighted by atomic mass is 35.5. The van der Waals surface area contributed by atoms with E-state index in [2.05, 4.69) is 4.72 Å². The van der Waals surface area contributed by atoms with Gasteiger partial charge in [-0.1, -0.05) is 23.2 Å². The van der Waals surface area contributed by atoms with Gasteiger partial charge >= 0.3 is 0 Å². The van der Waals surface area contributed by atoms with Crippen LogP contribution in [0.2, 0.25) is 10.0 Å². The summed E-state index contributed by atoms with van der Waals surface area (Å²) in [4.78, 5) is 14.4.